The molecule has 0 aliphatic carbocycles. The fourth-order valence-corrected chi connectivity index (χ4v) is 3.44. The van der Waals surface area contributed by atoms with Gasteiger partial charge in [0, 0.05) is 15.6 Å². The van der Waals surface area contributed by atoms with Crippen LogP contribution in [0.15, 0.2) is 87.9 Å². The maximum absolute atomic E-state index is 12.1. The predicted molar refractivity (Wildman–Crippen MR) is 113 cm³/mol. The molecule has 0 aliphatic heterocycles. The van der Waals surface area contributed by atoms with Crippen molar-refractivity contribution in [2.24, 2.45) is 10.2 Å². The molecule has 0 radical (unpaired) electrons. The Hall–Kier alpha value is -2.34. The van der Waals surface area contributed by atoms with Crippen LogP contribution in [-0.4, -0.2) is 11.7 Å². The highest BCUT2D eigenvalue weighted by Crippen LogP contribution is 2.30. The van der Waals surface area contributed by atoms with Gasteiger partial charge < -0.3 is 5.32 Å². The summed E-state index contributed by atoms with van der Waals surface area (Å²) in [7, 11) is 0. The molecule has 0 saturated heterocycles. The van der Waals surface area contributed by atoms with Crippen molar-refractivity contribution in [3.8, 4) is 0 Å². The number of rotatable bonds is 6. The Labute approximate surface area is 171 Å². The van der Waals surface area contributed by atoms with E-state index in [0.29, 0.717) is 21.4 Å². The van der Waals surface area contributed by atoms with E-state index in [4.69, 9.17) is 23.2 Å². The van der Waals surface area contributed by atoms with E-state index in [1.54, 1.807) is 42.5 Å². The molecule has 136 valence electrons. The van der Waals surface area contributed by atoms with Crippen molar-refractivity contribution >= 4 is 57.9 Å². The second-order valence-electron chi connectivity index (χ2n) is 5.49. The molecule has 1 amide bonds. The van der Waals surface area contributed by atoms with Gasteiger partial charge >= 0.3 is 0 Å². The number of anilines is 1. The molecule has 3 rings (SSSR count). The molecule has 0 fully saturated rings. The number of hydrogen-bond acceptors (Lipinski definition) is 4. The van der Waals surface area contributed by atoms with Crippen molar-refractivity contribution < 1.29 is 4.79 Å². The topological polar surface area (TPSA) is 53.8 Å². The zero-order valence-corrected chi connectivity index (χ0v) is 16.4. The Morgan fingerprint density at radius 1 is 0.889 bits per heavy atom. The van der Waals surface area contributed by atoms with Crippen molar-refractivity contribution in [1.29, 1.82) is 0 Å². The summed E-state index contributed by atoms with van der Waals surface area (Å²) in [6.45, 7) is 0. The first kappa shape index (κ1) is 19.4. The van der Waals surface area contributed by atoms with Crippen LogP contribution in [0.5, 0.6) is 0 Å². The lowest BCUT2D eigenvalue weighted by Crippen LogP contribution is -2.13. The van der Waals surface area contributed by atoms with Gasteiger partial charge in [-0.3, -0.25) is 4.79 Å². The predicted octanol–water partition coefficient (Wildman–Crippen LogP) is 7.14. The molecule has 0 aromatic heterocycles. The molecule has 0 atom stereocenters. The lowest BCUT2D eigenvalue weighted by molar-refractivity contribution is -0.113. The van der Waals surface area contributed by atoms with Crippen LogP contribution in [0.25, 0.3) is 0 Å². The minimum Gasteiger partial charge on any atom is -0.325 e. The lowest BCUT2D eigenvalue weighted by atomic mass is 10.3. The van der Waals surface area contributed by atoms with E-state index in [2.05, 4.69) is 15.5 Å². The van der Waals surface area contributed by atoms with Gasteiger partial charge in [0.05, 0.1) is 22.2 Å². The van der Waals surface area contributed by atoms with E-state index >= 15 is 0 Å². The Balaban J connectivity index is 1.54. The molecule has 27 heavy (non-hydrogen) atoms. The van der Waals surface area contributed by atoms with Gasteiger partial charge in [0.1, 0.15) is 0 Å². The smallest absolute Gasteiger partial charge is 0.234 e. The summed E-state index contributed by atoms with van der Waals surface area (Å²) in [5, 5.41) is 12.3. The Morgan fingerprint density at radius 2 is 1.56 bits per heavy atom. The summed E-state index contributed by atoms with van der Waals surface area (Å²) in [6, 6.07) is 21.8. The van der Waals surface area contributed by atoms with Crippen molar-refractivity contribution in [2.45, 2.75) is 4.90 Å². The van der Waals surface area contributed by atoms with E-state index in [9.17, 15) is 4.79 Å². The molecule has 3 aromatic rings. The molecule has 1 N–H and O–H groups in total. The fraction of sp³-hybridized carbons (Fsp3) is 0.0500. The van der Waals surface area contributed by atoms with Crippen LogP contribution in [0.3, 0.4) is 0 Å². The molecule has 0 spiro atoms. The number of carbonyl (C=O) groups is 1. The highest BCUT2D eigenvalue weighted by Gasteiger charge is 2.07. The monoisotopic (exact) mass is 415 g/mol. The summed E-state index contributed by atoms with van der Waals surface area (Å²) < 4.78 is 0. The van der Waals surface area contributed by atoms with Crippen LogP contribution >= 0.6 is 35.0 Å². The Kier molecular flexibility index (Phi) is 6.87. The van der Waals surface area contributed by atoms with Crippen LogP contribution in [0.4, 0.5) is 17.1 Å². The van der Waals surface area contributed by atoms with E-state index in [1.165, 1.54) is 11.8 Å². The molecular weight excluding hydrogens is 401 g/mol. The number of nitrogens with one attached hydrogen (secondary N) is 1. The zero-order valence-electron chi connectivity index (χ0n) is 14.1. The first-order valence-corrected chi connectivity index (χ1v) is 9.79. The molecule has 0 heterocycles. The van der Waals surface area contributed by atoms with Gasteiger partial charge in [0.15, 0.2) is 0 Å². The van der Waals surface area contributed by atoms with Crippen molar-refractivity contribution in [1.82, 2.24) is 0 Å². The summed E-state index contributed by atoms with van der Waals surface area (Å²) in [5.74, 6) is 0.102. The minimum absolute atomic E-state index is 0.130. The molecule has 0 unspecified atom stereocenters. The Morgan fingerprint density at radius 3 is 2.26 bits per heavy atom. The summed E-state index contributed by atoms with van der Waals surface area (Å²) in [6.07, 6.45) is 0. The molecule has 4 nitrogen and oxygen atoms in total. The third kappa shape index (κ3) is 6.10. The van der Waals surface area contributed by atoms with Crippen LogP contribution in [-0.2, 0) is 4.79 Å². The highest BCUT2D eigenvalue weighted by molar-refractivity contribution is 8.00. The van der Waals surface area contributed by atoms with Gasteiger partial charge in [-0.2, -0.15) is 10.2 Å². The highest BCUT2D eigenvalue weighted by atomic mass is 35.5. The normalized spacial score (nSPS) is 10.9. The quantitative estimate of drug-likeness (QED) is 0.343. The maximum atomic E-state index is 12.1. The molecule has 7 heteroatoms. The van der Waals surface area contributed by atoms with Gasteiger partial charge in [-0.15, -0.1) is 11.8 Å². The van der Waals surface area contributed by atoms with Crippen molar-refractivity contribution in [2.75, 3.05) is 11.1 Å². The molecular formula is C20H15Cl2N3OS. The summed E-state index contributed by atoms with van der Waals surface area (Å²) in [5.41, 5.74) is 2.18. The van der Waals surface area contributed by atoms with Crippen LogP contribution in [0.2, 0.25) is 10.0 Å². The lowest BCUT2D eigenvalue weighted by Gasteiger charge is -2.07. The standard InChI is InChI=1S/C20H15Cl2N3OS/c21-14-6-11-18(22)19(12-14)27-13-20(26)23-15-7-9-17(10-8-15)25-24-16-4-2-1-3-5-16/h1-12H,13H2,(H,23,26). The molecule has 0 saturated carbocycles. The number of carbonyl (C=O) groups excluding carboxylic acids is 1. The fourth-order valence-electron chi connectivity index (χ4n) is 2.15. The SMILES string of the molecule is O=C(CSc1cc(Cl)ccc1Cl)Nc1ccc(N=Nc2ccccc2)cc1. The van der Waals surface area contributed by atoms with E-state index in [0.717, 1.165) is 10.6 Å². The van der Waals surface area contributed by atoms with Gasteiger partial charge in [0.25, 0.3) is 0 Å². The number of azo groups is 1. The first-order valence-electron chi connectivity index (χ1n) is 8.05. The summed E-state index contributed by atoms with van der Waals surface area (Å²) >= 11 is 13.4. The number of nitrogens with zero attached hydrogens (tertiary/aromatic N) is 2. The summed E-state index contributed by atoms with van der Waals surface area (Å²) in [4.78, 5) is 12.9. The number of amides is 1. The molecule has 0 bridgehead atoms. The van der Waals surface area contributed by atoms with Crippen LogP contribution < -0.4 is 5.32 Å². The number of hydrogen-bond donors (Lipinski definition) is 1. The third-order valence-corrected chi connectivity index (χ3v) is 5.17. The van der Waals surface area contributed by atoms with E-state index in [1.807, 2.05) is 30.3 Å². The maximum Gasteiger partial charge on any atom is 0.234 e. The van der Waals surface area contributed by atoms with Crippen molar-refractivity contribution in [3.05, 3.63) is 82.8 Å². The largest absolute Gasteiger partial charge is 0.325 e. The van der Waals surface area contributed by atoms with E-state index in [-0.39, 0.29) is 11.7 Å². The minimum atomic E-state index is -0.130. The number of halogens is 2. The van der Waals surface area contributed by atoms with Gasteiger partial charge in [-0.05, 0) is 54.6 Å². The number of benzene rings is 3. The van der Waals surface area contributed by atoms with Crippen LogP contribution in [0.1, 0.15) is 0 Å². The van der Waals surface area contributed by atoms with Gasteiger partial charge in [-0.25, -0.2) is 0 Å². The molecule has 0 aliphatic rings. The van der Waals surface area contributed by atoms with Crippen LogP contribution in [0, 0.1) is 0 Å². The third-order valence-electron chi connectivity index (χ3n) is 3.44. The first-order chi connectivity index (χ1) is 13.1. The van der Waals surface area contributed by atoms with Gasteiger partial charge in [-0.1, -0.05) is 41.4 Å². The molecule has 3 aromatic carbocycles. The second-order valence-corrected chi connectivity index (χ2v) is 7.35. The Bertz CT molecular complexity index is 947. The van der Waals surface area contributed by atoms with Crippen molar-refractivity contribution in [3.63, 3.8) is 0 Å². The average molecular weight is 416 g/mol. The van der Waals surface area contributed by atoms with E-state index < -0.39 is 0 Å². The second kappa shape index (κ2) is 9.55. The average Bonchev–Trinajstić information content (AvgIpc) is 2.69. The van der Waals surface area contributed by atoms with Gasteiger partial charge in [0.2, 0.25) is 5.91 Å². The zero-order chi connectivity index (χ0) is 19.1. The number of thioether (sulfide) groups is 1.